The Balaban J connectivity index is 1.80. The van der Waals surface area contributed by atoms with Crippen molar-refractivity contribution in [3.63, 3.8) is 0 Å². The van der Waals surface area contributed by atoms with E-state index in [-0.39, 0.29) is 49.2 Å². The second kappa shape index (κ2) is 7.36. The van der Waals surface area contributed by atoms with Crippen molar-refractivity contribution >= 4 is 29.2 Å². The van der Waals surface area contributed by atoms with Gasteiger partial charge in [-0.2, -0.15) is 5.10 Å². The summed E-state index contributed by atoms with van der Waals surface area (Å²) in [4.78, 5) is 37.0. The van der Waals surface area contributed by atoms with Gasteiger partial charge in [0, 0.05) is 12.2 Å². The molecule has 0 bridgehead atoms. The molecule has 1 aromatic carbocycles. The fraction of sp³-hybridized carbons (Fsp3) is 0.294. The number of aliphatic hydroxyl groups excluding tert-OH is 1. The van der Waals surface area contributed by atoms with Crippen LogP contribution in [0.3, 0.4) is 0 Å². The smallest absolute Gasteiger partial charge is 0.337 e. The second-order valence-corrected chi connectivity index (χ2v) is 5.77. The van der Waals surface area contributed by atoms with Crippen LogP contribution in [0.25, 0.3) is 0 Å². The summed E-state index contributed by atoms with van der Waals surface area (Å²) in [7, 11) is 1.25. The monoisotopic (exact) mass is 358 g/mol. The van der Waals surface area contributed by atoms with E-state index in [1.807, 2.05) is 0 Å². The highest BCUT2D eigenvalue weighted by atomic mass is 16.5. The lowest BCUT2D eigenvalue weighted by molar-refractivity contribution is -0.136. The van der Waals surface area contributed by atoms with Crippen molar-refractivity contribution in [2.24, 2.45) is 5.10 Å². The number of nitrogens with one attached hydrogen (secondary N) is 2. The zero-order chi connectivity index (χ0) is 18.7. The van der Waals surface area contributed by atoms with Gasteiger partial charge >= 0.3 is 5.97 Å². The number of nitrogens with zero attached hydrogens (tertiary/aromatic N) is 2. The Bertz CT molecular complexity index is 813. The molecule has 2 amide bonds. The van der Waals surface area contributed by atoms with Gasteiger partial charge in [0.15, 0.2) is 0 Å². The molecule has 0 saturated carbocycles. The third kappa shape index (κ3) is 3.42. The Kier molecular flexibility index (Phi) is 4.99. The van der Waals surface area contributed by atoms with Crippen molar-refractivity contribution < 1.29 is 24.2 Å². The summed E-state index contributed by atoms with van der Waals surface area (Å²) >= 11 is 0. The average Bonchev–Trinajstić information content (AvgIpc) is 3.21. The molecule has 1 aromatic rings. The van der Waals surface area contributed by atoms with Gasteiger partial charge in [-0.05, 0) is 17.7 Å². The number of rotatable bonds is 6. The van der Waals surface area contributed by atoms with Crippen LogP contribution in [0.15, 0.2) is 40.6 Å². The first kappa shape index (κ1) is 17.6. The first-order chi connectivity index (χ1) is 12.5. The number of hydrogen-bond donors (Lipinski definition) is 3. The number of hydrogen-bond acceptors (Lipinski definition) is 7. The molecule has 2 aliphatic rings. The van der Waals surface area contributed by atoms with Gasteiger partial charge in [0.25, 0.3) is 5.91 Å². The largest absolute Gasteiger partial charge is 0.466 e. The van der Waals surface area contributed by atoms with Crippen molar-refractivity contribution in [3.8, 4) is 0 Å². The maximum atomic E-state index is 12.5. The fourth-order valence-electron chi connectivity index (χ4n) is 2.77. The predicted octanol–water partition coefficient (Wildman–Crippen LogP) is -0.416. The third-order valence-corrected chi connectivity index (χ3v) is 4.08. The van der Waals surface area contributed by atoms with Crippen molar-refractivity contribution in [1.29, 1.82) is 0 Å². The highest BCUT2D eigenvalue weighted by Gasteiger charge is 2.34. The summed E-state index contributed by atoms with van der Waals surface area (Å²) < 4.78 is 4.74. The highest BCUT2D eigenvalue weighted by molar-refractivity contribution is 6.13. The summed E-state index contributed by atoms with van der Waals surface area (Å²) in [5.74, 6) is -1.13. The molecule has 0 aliphatic carbocycles. The van der Waals surface area contributed by atoms with Crippen LogP contribution in [0.2, 0.25) is 0 Å². The lowest BCUT2D eigenvalue weighted by atomic mass is 10.1. The Labute approximate surface area is 149 Å². The molecule has 0 spiro atoms. The number of β-amino-alcohol motifs (C(OH)–C–C–N with tert-alkyl or cyclic N) is 1. The van der Waals surface area contributed by atoms with E-state index in [2.05, 4.69) is 15.8 Å². The van der Waals surface area contributed by atoms with Crippen molar-refractivity contribution in [3.05, 3.63) is 41.1 Å². The molecule has 0 unspecified atom stereocenters. The van der Waals surface area contributed by atoms with Crippen LogP contribution in [0, 0.1) is 0 Å². The average molecular weight is 358 g/mol. The standard InChI is InChI=1S/C17H18N4O5/c1-26-17(25)12-9-21(6-7-22)16(24)15(12)18-11-4-2-10(3-5-11)13-8-14(23)20-19-13/h2-5,18,22H,6-9H2,1H3,(H,20,23). The Morgan fingerprint density at radius 2 is 2.08 bits per heavy atom. The molecule has 2 heterocycles. The van der Waals surface area contributed by atoms with Gasteiger partial charge in [-0.25, -0.2) is 10.2 Å². The first-order valence-corrected chi connectivity index (χ1v) is 7.98. The number of hydrazone groups is 1. The van der Waals surface area contributed by atoms with Crippen LogP contribution in [-0.2, 0) is 19.1 Å². The Morgan fingerprint density at radius 1 is 1.35 bits per heavy atom. The number of aliphatic hydroxyl groups is 1. The van der Waals surface area contributed by atoms with Gasteiger partial charge in [-0.3, -0.25) is 9.59 Å². The predicted molar refractivity (Wildman–Crippen MR) is 92.1 cm³/mol. The van der Waals surface area contributed by atoms with E-state index in [1.165, 1.54) is 12.0 Å². The van der Waals surface area contributed by atoms with Crippen LogP contribution in [-0.4, -0.2) is 60.3 Å². The van der Waals surface area contributed by atoms with Crippen molar-refractivity contribution in [1.82, 2.24) is 10.3 Å². The number of benzene rings is 1. The maximum absolute atomic E-state index is 12.5. The van der Waals surface area contributed by atoms with E-state index in [4.69, 9.17) is 9.84 Å². The molecule has 0 aromatic heterocycles. The molecule has 9 nitrogen and oxygen atoms in total. The summed E-state index contributed by atoms with van der Waals surface area (Å²) in [6, 6.07) is 6.99. The molecule has 2 aliphatic heterocycles. The molecule has 0 atom stereocenters. The molecular formula is C17H18N4O5. The van der Waals surface area contributed by atoms with Crippen LogP contribution < -0.4 is 10.7 Å². The minimum Gasteiger partial charge on any atom is -0.466 e. The van der Waals surface area contributed by atoms with Crippen LogP contribution in [0.4, 0.5) is 5.69 Å². The number of anilines is 1. The minimum absolute atomic E-state index is 0.0804. The van der Waals surface area contributed by atoms with Crippen LogP contribution in [0.5, 0.6) is 0 Å². The normalized spacial score (nSPS) is 16.7. The number of carbonyl (C=O) groups excluding carboxylic acids is 3. The molecule has 0 radical (unpaired) electrons. The molecule has 0 saturated heterocycles. The Hall–Kier alpha value is -3.20. The number of methoxy groups -OCH3 is 1. The lowest BCUT2D eigenvalue weighted by Crippen LogP contribution is -2.31. The number of amides is 2. The summed E-state index contributed by atoms with van der Waals surface area (Å²) in [5, 5.41) is 16.0. The van der Waals surface area contributed by atoms with E-state index >= 15 is 0 Å². The number of ether oxygens (including phenoxy) is 1. The van der Waals surface area contributed by atoms with Gasteiger partial charge in [-0.15, -0.1) is 0 Å². The topological polar surface area (TPSA) is 120 Å². The molecule has 3 N–H and O–H groups in total. The van der Waals surface area contributed by atoms with Crippen molar-refractivity contribution in [2.75, 3.05) is 32.1 Å². The maximum Gasteiger partial charge on any atom is 0.337 e. The summed E-state index contributed by atoms with van der Waals surface area (Å²) in [6.45, 7) is 0.0123. The lowest BCUT2D eigenvalue weighted by Gasteiger charge is -2.15. The number of carbonyl (C=O) groups is 3. The van der Waals surface area contributed by atoms with Gasteiger partial charge in [0.05, 0.1) is 38.0 Å². The molecule has 0 fully saturated rings. The van der Waals surface area contributed by atoms with Crippen LogP contribution >= 0.6 is 0 Å². The van der Waals surface area contributed by atoms with Crippen LogP contribution in [0.1, 0.15) is 12.0 Å². The van der Waals surface area contributed by atoms with Gasteiger partial charge in [0.2, 0.25) is 5.91 Å². The SMILES string of the molecule is COC(=O)C1=C(Nc2ccc(C3=NNC(=O)C3)cc2)C(=O)N(CCO)C1. The quantitative estimate of drug-likeness (QED) is 0.594. The molecule has 26 heavy (non-hydrogen) atoms. The van der Waals surface area contributed by atoms with Gasteiger partial charge in [-0.1, -0.05) is 12.1 Å². The summed E-state index contributed by atoms with van der Waals surface area (Å²) in [5.41, 5.74) is 4.77. The number of esters is 1. The van der Waals surface area contributed by atoms with Crippen molar-refractivity contribution in [2.45, 2.75) is 6.42 Å². The zero-order valence-electron chi connectivity index (χ0n) is 14.1. The minimum atomic E-state index is -0.595. The third-order valence-electron chi connectivity index (χ3n) is 4.08. The van der Waals surface area contributed by atoms with E-state index in [0.29, 0.717) is 11.4 Å². The van der Waals surface area contributed by atoms with Gasteiger partial charge in [0.1, 0.15) is 5.70 Å². The Morgan fingerprint density at radius 3 is 2.65 bits per heavy atom. The van der Waals surface area contributed by atoms with E-state index in [9.17, 15) is 14.4 Å². The fourth-order valence-corrected chi connectivity index (χ4v) is 2.77. The van der Waals surface area contributed by atoms with E-state index in [0.717, 1.165) is 5.56 Å². The molecular weight excluding hydrogens is 340 g/mol. The van der Waals surface area contributed by atoms with E-state index < -0.39 is 5.97 Å². The second-order valence-electron chi connectivity index (χ2n) is 5.77. The molecule has 136 valence electrons. The summed E-state index contributed by atoms with van der Waals surface area (Å²) in [6.07, 6.45) is 0.221. The van der Waals surface area contributed by atoms with Gasteiger partial charge < -0.3 is 20.1 Å². The molecule has 9 heteroatoms. The zero-order valence-corrected chi connectivity index (χ0v) is 14.1. The highest BCUT2D eigenvalue weighted by Crippen LogP contribution is 2.23. The first-order valence-electron chi connectivity index (χ1n) is 7.98. The van der Waals surface area contributed by atoms with E-state index in [1.54, 1.807) is 24.3 Å². The molecule has 3 rings (SSSR count).